The maximum absolute atomic E-state index is 13.4. The fraction of sp³-hybridized carbons (Fsp3) is 0.0833. The van der Waals surface area contributed by atoms with Gasteiger partial charge in [0.25, 0.3) is 11.8 Å². The van der Waals surface area contributed by atoms with Crippen LogP contribution in [0.2, 0.25) is 0 Å². The number of hydrogen-bond donors (Lipinski definition) is 2. The number of nitrogens with one attached hydrogen (secondary N) is 2. The Kier molecular flexibility index (Phi) is 4.92. The molecule has 0 saturated carbocycles. The zero-order chi connectivity index (χ0) is 24.8. The lowest BCUT2D eigenvalue weighted by atomic mass is 10.3. The van der Waals surface area contributed by atoms with Crippen LogP contribution in [0.5, 0.6) is 0 Å². The summed E-state index contributed by atoms with van der Waals surface area (Å²) in [4.78, 5) is 38.2. The SMILES string of the molecule is Cc1cccc2ncc(CNC(=O)c3ncn4cc(NC(=O)c5nc6ccc(F)cn6n5)ccc34)n12. The van der Waals surface area contributed by atoms with Crippen molar-refractivity contribution in [2.45, 2.75) is 13.5 Å². The molecule has 0 aliphatic rings. The summed E-state index contributed by atoms with van der Waals surface area (Å²) in [5, 5.41) is 9.59. The summed E-state index contributed by atoms with van der Waals surface area (Å²) >= 11 is 0. The molecule has 6 heterocycles. The summed E-state index contributed by atoms with van der Waals surface area (Å²) in [6.07, 6.45) is 5.99. The van der Waals surface area contributed by atoms with Crippen molar-refractivity contribution >= 4 is 34.3 Å². The molecule has 11 nitrogen and oxygen atoms in total. The number of anilines is 1. The number of aryl methyl sites for hydroxylation is 1. The fourth-order valence-electron chi connectivity index (χ4n) is 4.05. The highest BCUT2D eigenvalue weighted by Crippen LogP contribution is 2.16. The third-order valence-electron chi connectivity index (χ3n) is 5.73. The molecular weight excluding hydrogens is 465 g/mol. The molecule has 0 spiro atoms. The highest BCUT2D eigenvalue weighted by atomic mass is 19.1. The normalized spacial score (nSPS) is 11.4. The van der Waals surface area contributed by atoms with Crippen LogP contribution < -0.4 is 10.6 Å². The predicted octanol–water partition coefficient (Wildman–Crippen LogP) is 2.65. The minimum absolute atomic E-state index is 0.103. The lowest BCUT2D eigenvalue weighted by molar-refractivity contribution is 0.0946. The summed E-state index contributed by atoms with van der Waals surface area (Å²) in [6, 6.07) is 11.8. The molecule has 0 aromatic carbocycles. The van der Waals surface area contributed by atoms with E-state index in [-0.39, 0.29) is 24.0 Å². The fourth-order valence-corrected chi connectivity index (χ4v) is 4.05. The van der Waals surface area contributed by atoms with E-state index in [2.05, 4.69) is 30.7 Å². The first-order chi connectivity index (χ1) is 17.5. The minimum atomic E-state index is -0.556. The van der Waals surface area contributed by atoms with Gasteiger partial charge in [-0.1, -0.05) is 6.07 Å². The van der Waals surface area contributed by atoms with E-state index in [0.29, 0.717) is 16.9 Å². The second-order valence-corrected chi connectivity index (χ2v) is 8.14. The molecular formula is C24H18FN9O2. The van der Waals surface area contributed by atoms with Gasteiger partial charge in [0.2, 0.25) is 5.82 Å². The first kappa shape index (κ1) is 21.4. The summed E-state index contributed by atoms with van der Waals surface area (Å²) < 4.78 is 18.2. The van der Waals surface area contributed by atoms with E-state index >= 15 is 0 Å². The van der Waals surface area contributed by atoms with E-state index in [1.165, 1.54) is 23.0 Å². The van der Waals surface area contributed by atoms with Crippen molar-refractivity contribution in [3.63, 3.8) is 0 Å². The summed E-state index contributed by atoms with van der Waals surface area (Å²) in [6.45, 7) is 2.26. The molecule has 0 radical (unpaired) electrons. The number of pyridine rings is 3. The van der Waals surface area contributed by atoms with Gasteiger partial charge in [0.05, 0.1) is 35.8 Å². The van der Waals surface area contributed by atoms with Gasteiger partial charge >= 0.3 is 0 Å². The Labute approximate surface area is 202 Å². The molecule has 6 rings (SSSR count). The van der Waals surface area contributed by atoms with Gasteiger partial charge < -0.3 is 15.0 Å². The molecule has 2 amide bonds. The van der Waals surface area contributed by atoms with E-state index in [9.17, 15) is 14.0 Å². The number of imidazole rings is 2. The van der Waals surface area contributed by atoms with Crippen LogP contribution in [0, 0.1) is 12.7 Å². The molecule has 0 fully saturated rings. The van der Waals surface area contributed by atoms with Crippen LogP contribution in [0.4, 0.5) is 10.1 Å². The lowest BCUT2D eigenvalue weighted by Crippen LogP contribution is -2.24. The molecule has 0 bridgehead atoms. The molecule has 0 aliphatic carbocycles. The van der Waals surface area contributed by atoms with Crippen LogP contribution >= 0.6 is 0 Å². The van der Waals surface area contributed by atoms with Crippen molar-refractivity contribution in [2.24, 2.45) is 0 Å². The van der Waals surface area contributed by atoms with Crippen LogP contribution in [-0.2, 0) is 6.54 Å². The van der Waals surface area contributed by atoms with Crippen molar-refractivity contribution in [1.82, 2.24) is 38.7 Å². The quantitative estimate of drug-likeness (QED) is 0.389. The maximum atomic E-state index is 13.4. The standard InChI is InChI=1S/C24H18FN9O2/c1-14-3-2-4-19-26-9-17(34(14)19)10-27-23(35)21-18-7-6-16(12-32(18)13-28-21)29-24(36)22-30-20-8-5-15(25)11-33(20)31-22/h2-9,11-13H,10H2,1H3,(H,27,35)(H,29,36). The number of fused-ring (bicyclic) bond motifs is 3. The predicted molar refractivity (Wildman–Crippen MR) is 127 cm³/mol. The number of halogens is 1. The molecule has 0 aliphatic heterocycles. The van der Waals surface area contributed by atoms with Gasteiger partial charge in [-0.15, -0.1) is 5.10 Å². The van der Waals surface area contributed by atoms with Crippen LogP contribution in [0.1, 0.15) is 32.5 Å². The number of carbonyl (C=O) groups is 2. The van der Waals surface area contributed by atoms with Gasteiger partial charge in [-0.2, -0.15) is 0 Å². The van der Waals surface area contributed by atoms with Crippen LogP contribution in [0.15, 0.2) is 67.4 Å². The smallest absolute Gasteiger partial charge is 0.295 e. The second kappa shape index (κ2) is 8.27. The van der Waals surface area contributed by atoms with E-state index in [4.69, 9.17) is 0 Å². The molecule has 178 valence electrons. The Bertz CT molecular complexity index is 1800. The molecule has 0 unspecified atom stereocenters. The Morgan fingerprint density at radius 2 is 1.89 bits per heavy atom. The Balaban J connectivity index is 1.18. The summed E-state index contributed by atoms with van der Waals surface area (Å²) in [7, 11) is 0. The van der Waals surface area contributed by atoms with Gasteiger partial charge in [0.15, 0.2) is 11.3 Å². The van der Waals surface area contributed by atoms with Crippen molar-refractivity contribution in [3.8, 4) is 0 Å². The third-order valence-corrected chi connectivity index (χ3v) is 5.73. The lowest BCUT2D eigenvalue weighted by Gasteiger charge is -2.07. The third kappa shape index (κ3) is 3.70. The Morgan fingerprint density at radius 3 is 2.78 bits per heavy atom. The Hall–Kier alpha value is -5.13. The van der Waals surface area contributed by atoms with Gasteiger partial charge in [-0.05, 0) is 43.3 Å². The number of carbonyl (C=O) groups excluding carboxylic acids is 2. The Morgan fingerprint density at radius 1 is 1.00 bits per heavy atom. The molecule has 2 N–H and O–H groups in total. The van der Waals surface area contributed by atoms with Crippen molar-refractivity contribution in [2.75, 3.05) is 5.32 Å². The molecule has 6 aromatic rings. The molecule has 0 atom stereocenters. The molecule has 0 saturated heterocycles. The molecule has 36 heavy (non-hydrogen) atoms. The molecule has 6 aromatic heterocycles. The van der Waals surface area contributed by atoms with E-state index in [1.54, 1.807) is 28.9 Å². The topological polar surface area (TPSA) is 123 Å². The largest absolute Gasteiger partial charge is 0.345 e. The zero-order valence-electron chi connectivity index (χ0n) is 18.9. The maximum Gasteiger partial charge on any atom is 0.295 e. The van der Waals surface area contributed by atoms with Gasteiger partial charge in [0, 0.05) is 11.9 Å². The van der Waals surface area contributed by atoms with Crippen LogP contribution in [0.3, 0.4) is 0 Å². The number of nitrogens with zero attached hydrogens (tertiary/aromatic N) is 7. The van der Waals surface area contributed by atoms with Crippen LogP contribution in [0.25, 0.3) is 16.8 Å². The van der Waals surface area contributed by atoms with Crippen molar-refractivity contribution in [1.29, 1.82) is 0 Å². The average molecular weight is 483 g/mol. The zero-order valence-corrected chi connectivity index (χ0v) is 18.9. The van der Waals surface area contributed by atoms with E-state index < -0.39 is 11.7 Å². The van der Waals surface area contributed by atoms with E-state index in [0.717, 1.165) is 23.2 Å². The minimum Gasteiger partial charge on any atom is -0.345 e. The average Bonchev–Trinajstić information content (AvgIpc) is 3.59. The summed E-state index contributed by atoms with van der Waals surface area (Å²) in [5.74, 6) is -1.48. The van der Waals surface area contributed by atoms with Gasteiger partial charge in [-0.3, -0.25) is 14.0 Å². The summed E-state index contributed by atoms with van der Waals surface area (Å²) in [5.41, 5.74) is 4.30. The number of hydrogen-bond acceptors (Lipinski definition) is 6. The van der Waals surface area contributed by atoms with Crippen LogP contribution in [-0.4, -0.2) is 45.2 Å². The number of aromatic nitrogens is 7. The first-order valence-corrected chi connectivity index (χ1v) is 11.0. The highest BCUT2D eigenvalue weighted by Gasteiger charge is 2.17. The second-order valence-electron chi connectivity index (χ2n) is 8.14. The molecule has 12 heteroatoms. The van der Waals surface area contributed by atoms with Crippen molar-refractivity contribution in [3.05, 3.63) is 96.1 Å². The number of rotatable bonds is 5. The van der Waals surface area contributed by atoms with Crippen molar-refractivity contribution < 1.29 is 14.0 Å². The first-order valence-electron chi connectivity index (χ1n) is 11.0. The highest BCUT2D eigenvalue weighted by molar-refractivity contribution is 6.02. The monoisotopic (exact) mass is 483 g/mol. The van der Waals surface area contributed by atoms with Gasteiger partial charge in [-0.25, -0.2) is 23.9 Å². The number of amides is 2. The van der Waals surface area contributed by atoms with Gasteiger partial charge in [0.1, 0.15) is 17.8 Å². The van der Waals surface area contributed by atoms with E-state index in [1.807, 2.05) is 29.5 Å².